The summed E-state index contributed by atoms with van der Waals surface area (Å²) < 4.78 is 25.4. The standard InChI is InChI=1S/C11H15NO2S/c1-9(2)12-11-6-4-3-5-10(11)7-8-15(12,13)14/h3-6,9H,7-8H2,1-2H3. The number of rotatable bonds is 1. The fraction of sp³-hybridized carbons (Fsp3) is 0.455. The number of fused-ring (bicyclic) bond motifs is 1. The Hall–Kier alpha value is -1.03. The predicted octanol–water partition coefficient (Wildman–Crippen LogP) is 1.79. The molecule has 0 radical (unpaired) electrons. The molecule has 2 rings (SSSR count). The highest BCUT2D eigenvalue weighted by atomic mass is 32.2. The molecule has 0 bridgehead atoms. The van der Waals surface area contributed by atoms with E-state index in [-0.39, 0.29) is 11.8 Å². The van der Waals surface area contributed by atoms with E-state index in [1.807, 2.05) is 38.1 Å². The summed E-state index contributed by atoms with van der Waals surface area (Å²) in [6, 6.07) is 7.70. The van der Waals surface area contributed by atoms with E-state index >= 15 is 0 Å². The molecule has 4 heteroatoms. The molecule has 15 heavy (non-hydrogen) atoms. The Morgan fingerprint density at radius 2 is 1.93 bits per heavy atom. The SMILES string of the molecule is CC(C)N1c2ccccc2CCS1(=O)=O. The van der Waals surface area contributed by atoms with E-state index in [4.69, 9.17) is 0 Å². The second-order valence-electron chi connectivity index (χ2n) is 4.08. The van der Waals surface area contributed by atoms with Gasteiger partial charge < -0.3 is 0 Å². The third kappa shape index (κ3) is 1.74. The first kappa shape index (κ1) is 10.5. The van der Waals surface area contributed by atoms with Gasteiger partial charge in [0.25, 0.3) is 0 Å². The number of anilines is 1. The maximum absolute atomic E-state index is 11.9. The second-order valence-corrected chi connectivity index (χ2v) is 6.05. The minimum Gasteiger partial charge on any atom is -0.267 e. The predicted molar refractivity (Wildman–Crippen MR) is 61.5 cm³/mol. The molecule has 0 unspecified atom stereocenters. The van der Waals surface area contributed by atoms with E-state index in [2.05, 4.69) is 0 Å². The number of para-hydroxylation sites is 1. The number of aryl methyl sites for hydroxylation is 1. The number of hydrogen-bond donors (Lipinski definition) is 0. The molecule has 0 fully saturated rings. The van der Waals surface area contributed by atoms with Gasteiger partial charge in [-0.1, -0.05) is 18.2 Å². The molecule has 0 spiro atoms. The second kappa shape index (κ2) is 3.52. The molecule has 0 saturated heterocycles. The van der Waals surface area contributed by atoms with Crippen LogP contribution in [0.15, 0.2) is 24.3 Å². The van der Waals surface area contributed by atoms with Crippen molar-refractivity contribution in [2.24, 2.45) is 0 Å². The first-order chi connectivity index (χ1) is 7.02. The molecule has 0 aliphatic carbocycles. The third-order valence-electron chi connectivity index (χ3n) is 2.63. The van der Waals surface area contributed by atoms with E-state index < -0.39 is 10.0 Å². The van der Waals surface area contributed by atoms with Gasteiger partial charge in [0.05, 0.1) is 11.4 Å². The van der Waals surface area contributed by atoms with Crippen molar-refractivity contribution >= 4 is 15.7 Å². The smallest absolute Gasteiger partial charge is 0.235 e. The van der Waals surface area contributed by atoms with Crippen molar-refractivity contribution in [2.45, 2.75) is 26.3 Å². The lowest BCUT2D eigenvalue weighted by molar-refractivity contribution is 0.580. The van der Waals surface area contributed by atoms with Crippen LogP contribution in [0.3, 0.4) is 0 Å². The highest BCUT2D eigenvalue weighted by Crippen LogP contribution is 2.30. The summed E-state index contributed by atoms with van der Waals surface area (Å²) >= 11 is 0. The summed E-state index contributed by atoms with van der Waals surface area (Å²) in [5, 5.41) is 0. The van der Waals surface area contributed by atoms with Crippen LogP contribution in [-0.4, -0.2) is 20.2 Å². The van der Waals surface area contributed by atoms with Crippen LogP contribution in [0.2, 0.25) is 0 Å². The summed E-state index contributed by atoms with van der Waals surface area (Å²) in [5.41, 5.74) is 1.97. The minimum atomic E-state index is -3.10. The molecule has 82 valence electrons. The van der Waals surface area contributed by atoms with E-state index in [9.17, 15) is 8.42 Å². The van der Waals surface area contributed by atoms with Crippen molar-refractivity contribution < 1.29 is 8.42 Å². The summed E-state index contributed by atoms with van der Waals surface area (Å²) in [6.45, 7) is 3.80. The van der Waals surface area contributed by atoms with Gasteiger partial charge in [-0.2, -0.15) is 0 Å². The molecule has 1 heterocycles. The maximum Gasteiger partial charge on any atom is 0.235 e. The van der Waals surface area contributed by atoms with Gasteiger partial charge in [-0.25, -0.2) is 8.42 Å². The van der Waals surface area contributed by atoms with Crippen molar-refractivity contribution in [1.29, 1.82) is 0 Å². The molecule has 0 amide bonds. The largest absolute Gasteiger partial charge is 0.267 e. The zero-order chi connectivity index (χ0) is 11.1. The highest BCUT2D eigenvalue weighted by Gasteiger charge is 2.30. The van der Waals surface area contributed by atoms with Crippen LogP contribution in [0.25, 0.3) is 0 Å². The normalized spacial score (nSPS) is 19.0. The number of benzene rings is 1. The number of hydrogen-bond acceptors (Lipinski definition) is 2. The Morgan fingerprint density at radius 1 is 1.27 bits per heavy atom. The maximum atomic E-state index is 11.9. The van der Waals surface area contributed by atoms with Crippen molar-refractivity contribution in [2.75, 3.05) is 10.1 Å². The Morgan fingerprint density at radius 3 is 2.60 bits per heavy atom. The molecule has 0 saturated carbocycles. The molecule has 3 nitrogen and oxygen atoms in total. The molecule has 1 aliphatic heterocycles. The van der Waals surface area contributed by atoms with Gasteiger partial charge >= 0.3 is 0 Å². The Balaban J connectivity index is 2.58. The molecule has 0 aromatic heterocycles. The first-order valence-electron chi connectivity index (χ1n) is 5.12. The van der Waals surface area contributed by atoms with Gasteiger partial charge in [-0.3, -0.25) is 4.31 Å². The molecule has 0 N–H and O–H groups in total. The fourth-order valence-electron chi connectivity index (χ4n) is 2.02. The third-order valence-corrected chi connectivity index (χ3v) is 4.56. The molecule has 1 aromatic carbocycles. The van der Waals surface area contributed by atoms with Crippen LogP contribution in [0.5, 0.6) is 0 Å². The average Bonchev–Trinajstić information content (AvgIpc) is 2.15. The van der Waals surface area contributed by atoms with Crippen LogP contribution in [-0.2, 0) is 16.4 Å². The lowest BCUT2D eigenvalue weighted by Crippen LogP contribution is -2.42. The van der Waals surface area contributed by atoms with E-state index in [1.54, 1.807) is 0 Å². The summed E-state index contributed by atoms with van der Waals surface area (Å²) in [5.74, 6) is 0.224. The van der Waals surface area contributed by atoms with Crippen molar-refractivity contribution in [3.63, 3.8) is 0 Å². The molecular weight excluding hydrogens is 210 g/mol. The quantitative estimate of drug-likeness (QED) is 0.730. The zero-order valence-electron chi connectivity index (χ0n) is 8.97. The van der Waals surface area contributed by atoms with Crippen LogP contribution < -0.4 is 4.31 Å². The Labute approximate surface area is 90.8 Å². The van der Waals surface area contributed by atoms with Gasteiger partial charge in [0, 0.05) is 6.04 Å². The van der Waals surface area contributed by atoms with Crippen molar-refractivity contribution in [3.05, 3.63) is 29.8 Å². The number of sulfonamides is 1. The van der Waals surface area contributed by atoms with Gasteiger partial charge in [0.1, 0.15) is 0 Å². The summed E-state index contributed by atoms with van der Waals surface area (Å²) in [7, 11) is -3.10. The Bertz CT molecular complexity index is 465. The van der Waals surface area contributed by atoms with Gasteiger partial charge in [-0.05, 0) is 31.9 Å². The van der Waals surface area contributed by atoms with Crippen LogP contribution in [0, 0.1) is 0 Å². The fourth-order valence-corrected chi connectivity index (χ4v) is 3.82. The van der Waals surface area contributed by atoms with E-state index in [0.717, 1.165) is 11.3 Å². The van der Waals surface area contributed by atoms with Crippen molar-refractivity contribution in [1.82, 2.24) is 0 Å². The number of nitrogens with zero attached hydrogens (tertiary/aromatic N) is 1. The lowest BCUT2D eigenvalue weighted by atomic mass is 10.1. The lowest BCUT2D eigenvalue weighted by Gasteiger charge is -2.33. The van der Waals surface area contributed by atoms with Crippen molar-refractivity contribution in [3.8, 4) is 0 Å². The topological polar surface area (TPSA) is 37.4 Å². The van der Waals surface area contributed by atoms with E-state index in [1.165, 1.54) is 4.31 Å². The van der Waals surface area contributed by atoms with Crippen LogP contribution in [0.1, 0.15) is 19.4 Å². The molecule has 0 atom stereocenters. The first-order valence-corrected chi connectivity index (χ1v) is 6.73. The molecule has 1 aliphatic rings. The Kier molecular flexibility index (Phi) is 2.46. The van der Waals surface area contributed by atoms with Crippen LogP contribution in [0.4, 0.5) is 5.69 Å². The average molecular weight is 225 g/mol. The zero-order valence-corrected chi connectivity index (χ0v) is 9.79. The van der Waals surface area contributed by atoms with Gasteiger partial charge in [0.15, 0.2) is 0 Å². The highest BCUT2D eigenvalue weighted by molar-refractivity contribution is 7.92. The minimum absolute atomic E-state index is 0.0172. The van der Waals surface area contributed by atoms with Crippen LogP contribution >= 0.6 is 0 Å². The monoisotopic (exact) mass is 225 g/mol. The van der Waals surface area contributed by atoms with Gasteiger partial charge in [0.2, 0.25) is 10.0 Å². The van der Waals surface area contributed by atoms with E-state index in [0.29, 0.717) is 6.42 Å². The molecule has 1 aromatic rings. The summed E-state index contributed by atoms with van der Waals surface area (Å²) in [6.07, 6.45) is 0.627. The molecular formula is C11H15NO2S. The summed E-state index contributed by atoms with van der Waals surface area (Å²) in [4.78, 5) is 0. The van der Waals surface area contributed by atoms with Gasteiger partial charge in [-0.15, -0.1) is 0 Å².